The number of halogens is 4. The fourth-order valence-corrected chi connectivity index (χ4v) is 4.38. The molecule has 2 atom stereocenters. The van der Waals surface area contributed by atoms with Crippen molar-refractivity contribution in [1.82, 2.24) is 0 Å². The Morgan fingerprint density at radius 1 is 1.03 bits per heavy atom. The Labute approximate surface area is 201 Å². The molecule has 0 fully saturated rings. The number of aliphatic hydroxyl groups is 1. The van der Waals surface area contributed by atoms with Gasteiger partial charge in [-0.05, 0) is 65.9 Å². The highest BCUT2D eigenvalue weighted by Gasteiger charge is 2.48. The summed E-state index contributed by atoms with van der Waals surface area (Å²) in [6.07, 6.45) is -3.94. The molecule has 184 valence electrons. The molecule has 4 rings (SSSR count). The summed E-state index contributed by atoms with van der Waals surface area (Å²) in [7, 11) is 1.53. The summed E-state index contributed by atoms with van der Waals surface area (Å²) in [5, 5.41) is 14.7. The van der Waals surface area contributed by atoms with Gasteiger partial charge in [-0.15, -0.1) is 0 Å². The molecule has 35 heavy (non-hydrogen) atoms. The topological polar surface area (TPSA) is 45.1 Å². The van der Waals surface area contributed by atoms with Crippen molar-refractivity contribution in [3.63, 3.8) is 0 Å². The molecule has 1 heterocycles. The number of rotatable bonds is 6. The lowest BCUT2D eigenvalue weighted by atomic mass is 9.95. The zero-order chi connectivity index (χ0) is 25.3. The maximum absolute atomic E-state index is 14.4. The second-order valence-electron chi connectivity index (χ2n) is 8.70. The number of benzene rings is 3. The molecule has 3 aromatic rings. The standard InChI is InChI=1S/C27H26F4N2O2/c1-16-12-20(23-14-22(35-3)10-11-24(23)28)7-6-19(16)13-18-4-8-21(9-5-18)33-25(15-34)17(2)26(32-33)27(29,30)31/h4-12,14,17,25,34H,13,15H2,1-3H3/t17-,25-/m0/s1. The van der Waals surface area contributed by atoms with Crippen LogP contribution in [0.2, 0.25) is 0 Å². The summed E-state index contributed by atoms with van der Waals surface area (Å²) < 4.78 is 59.4. The van der Waals surface area contributed by atoms with Gasteiger partial charge >= 0.3 is 6.18 Å². The number of nitrogens with zero attached hydrogens (tertiary/aromatic N) is 2. The van der Waals surface area contributed by atoms with Gasteiger partial charge < -0.3 is 9.84 Å². The quantitative estimate of drug-likeness (QED) is 0.426. The predicted octanol–water partition coefficient (Wildman–Crippen LogP) is 6.14. The number of hydrogen-bond donors (Lipinski definition) is 1. The average Bonchev–Trinajstić information content (AvgIpc) is 3.18. The molecular weight excluding hydrogens is 460 g/mol. The summed E-state index contributed by atoms with van der Waals surface area (Å²) in [4.78, 5) is 0. The largest absolute Gasteiger partial charge is 0.497 e. The van der Waals surface area contributed by atoms with Gasteiger partial charge in [-0.2, -0.15) is 18.3 Å². The third-order valence-electron chi connectivity index (χ3n) is 6.44. The lowest BCUT2D eigenvalue weighted by Crippen LogP contribution is -2.37. The van der Waals surface area contributed by atoms with E-state index in [1.54, 1.807) is 24.3 Å². The van der Waals surface area contributed by atoms with Crippen molar-refractivity contribution in [2.45, 2.75) is 32.5 Å². The van der Waals surface area contributed by atoms with E-state index in [0.717, 1.165) is 22.3 Å². The Hall–Kier alpha value is -3.39. The lowest BCUT2D eigenvalue weighted by Gasteiger charge is -2.24. The van der Waals surface area contributed by atoms with Crippen molar-refractivity contribution >= 4 is 11.4 Å². The van der Waals surface area contributed by atoms with Gasteiger partial charge in [0.25, 0.3) is 0 Å². The number of ether oxygens (including phenoxy) is 1. The molecule has 0 bridgehead atoms. The average molecular weight is 487 g/mol. The van der Waals surface area contributed by atoms with Crippen molar-refractivity contribution in [2.24, 2.45) is 11.0 Å². The molecule has 0 saturated carbocycles. The minimum atomic E-state index is -4.54. The van der Waals surface area contributed by atoms with Crippen LogP contribution in [0.15, 0.2) is 65.8 Å². The molecular formula is C27H26F4N2O2. The molecule has 8 heteroatoms. The SMILES string of the molecule is COc1ccc(F)c(-c2ccc(Cc3ccc(N4N=C(C(F)(F)F)[C@@H](C)[C@@H]4CO)cc3)c(C)c2)c1. The maximum atomic E-state index is 14.4. The van der Waals surface area contributed by atoms with Gasteiger partial charge in [-0.25, -0.2) is 4.39 Å². The van der Waals surface area contributed by atoms with Gasteiger partial charge in [0.15, 0.2) is 0 Å². The Kier molecular flexibility index (Phi) is 6.85. The summed E-state index contributed by atoms with van der Waals surface area (Å²) >= 11 is 0. The smallest absolute Gasteiger partial charge is 0.431 e. The highest BCUT2D eigenvalue weighted by atomic mass is 19.4. The molecule has 0 unspecified atom stereocenters. The summed E-state index contributed by atoms with van der Waals surface area (Å²) in [6, 6.07) is 16.7. The van der Waals surface area contributed by atoms with Crippen LogP contribution in [0.25, 0.3) is 11.1 Å². The monoisotopic (exact) mass is 486 g/mol. The fraction of sp³-hybridized carbons (Fsp3) is 0.296. The molecule has 0 radical (unpaired) electrons. The minimum absolute atomic E-state index is 0.331. The van der Waals surface area contributed by atoms with Crippen LogP contribution in [0.4, 0.5) is 23.2 Å². The van der Waals surface area contributed by atoms with Crippen molar-refractivity contribution in [3.05, 3.63) is 83.2 Å². The van der Waals surface area contributed by atoms with Gasteiger partial charge in [0.1, 0.15) is 17.3 Å². The summed E-state index contributed by atoms with van der Waals surface area (Å²) in [5.74, 6) is -0.691. The van der Waals surface area contributed by atoms with Crippen molar-refractivity contribution < 1.29 is 27.4 Å². The van der Waals surface area contributed by atoms with E-state index >= 15 is 0 Å². The Bertz CT molecular complexity index is 1240. The molecule has 1 N–H and O–H groups in total. The third kappa shape index (κ3) is 5.03. The molecule has 1 aliphatic heterocycles. The number of aliphatic hydroxyl groups excluding tert-OH is 1. The van der Waals surface area contributed by atoms with Crippen LogP contribution in [0, 0.1) is 18.7 Å². The molecule has 1 aliphatic rings. The van der Waals surface area contributed by atoms with E-state index in [2.05, 4.69) is 5.10 Å². The molecule has 4 nitrogen and oxygen atoms in total. The molecule has 3 aromatic carbocycles. The lowest BCUT2D eigenvalue weighted by molar-refractivity contribution is -0.0621. The van der Waals surface area contributed by atoms with Gasteiger partial charge in [-0.1, -0.05) is 37.3 Å². The van der Waals surface area contributed by atoms with E-state index in [0.29, 0.717) is 23.4 Å². The number of alkyl halides is 3. The van der Waals surface area contributed by atoms with Crippen molar-refractivity contribution in [1.29, 1.82) is 0 Å². The first-order chi connectivity index (χ1) is 16.6. The zero-order valence-corrected chi connectivity index (χ0v) is 19.6. The van der Waals surface area contributed by atoms with Crippen LogP contribution in [-0.2, 0) is 6.42 Å². The predicted molar refractivity (Wildman–Crippen MR) is 128 cm³/mol. The van der Waals surface area contributed by atoms with E-state index in [1.807, 2.05) is 37.3 Å². The highest BCUT2D eigenvalue weighted by Crippen LogP contribution is 2.35. The van der Waals surface area contributed by atoms with Crippen molar-refractivity contribution in [3.8, 4) is 16.9 Å². The van der Waals surface area contributed by atoms with Crippen LogP contribution >= 0.6 is 0 Å². The second-order valence-corrected chi connectivity index (χ2v) is 8.70. The Morgan fingerprint density at radius 2 is 1.74 bits per heavy atom. The molecule has 0 aliphatic carbocycles. The molecule has 0 spiro atoms. The van der Waals surface area contributed by atoms with E-state index in [-0.39, 0.29) is 5.82 Å². The summed E-state index contributed by atoms with van der Waals surface area (Å²) in [5.41, 5.74) is 3.80. The molecule has 0 amide bonds. The van der Waals surface area contributed by atoms with Gasteiger partial charge in [0, 0.05) is 11.5 Å². The van der Waals surface area contributed by atoms with Gasteiger partial charge in [-0.3, -0.25) is 5.01 Å². The summed E-state index contributed by atoms with van der Waals surface area (Å²) in [6.45, 7) is 2.94. The highest BCUT2D eigenvalue weighted by molar-refractivity contribution is 5.95. The molecule has 0 aromatic heterocycles. The second kappa shape index (κ2) is 9.70. The first-order valence-corrected chi connectivity index (χ1v) is 11.2. The first kappa shape index (κ1) is 24.7. The maximum Gasteiger partial charge on any atom is 0.431 e. The van der Waals surface area contributed by atoms with E-state index < -0.39 is 30.5 Å². The van der Waals surface area contributed by atoms with Crippen LogP contribution in [-0.4, -0.2) is 36.8 Å². The van der Waals surface area contributed by atoms with Crippen LogP contribution in [0.5, 0.6) is 5.75 Å². The number of hydrogen-bond acceptors (Lipinski definition) is 4. The van der Waals surface area contributed by atoms with E-state index in [9.17, 15) is 22.7 Å². The third-order valence-corrected chi connectivity index (χ3v) is 6.44. The molecule has 0 saturated heterocycles. The normalized spacial score (nSPS) is 18.1. The number of anilines is 1. The van der Waals surface area contributed by atoms with Crippen LogP contribution in [0.3, 0.4) is 0 Å². The van der Waals surface area contributed by atoms with E-state index in [4.69, 9.17) is 4.74 Å². The van der Waals surface area contributed by atoms with Crippen LogP contribution < -0.4 is 9.75 Å². The Morgan fingerprint density at radius 3 is 2.34 bits per heavy atom. The fourth-order valence-electron chi connectivity index (χ4n) is 4.38. The number of methoxy groups -OCH3 is 1. The minimum Gasteiger partial charge on any atom is -0.497 e. The van der Waals surface area contributed by atoms with Gasteiger partial charge in [0.2, 0.25) is 0 Å². The van der Waals surface area contributed by atoms with Crippen LogP contribution in [0.1, 0.15) is 23.6 Å². The van der Waals surface area contributed by atoms with Crippen molar-refractivity contribution in [2.75, 3.05) is 18.7 Å². The van der Waals surface area contributed by atoms with Gasteiger partial charge in [0.05, 0.1) is 25.4 Å². The Balaban J connectivity index is 1.54. The zero-order valence-electron chi connectivity index (χ0n) is 19.6. The van der Waals surface area contributed by atoms with E-state index in [1.165, 1.54) is 25.1 Å². The number of hydrazone groups is 1. The first-order valence-electron chi connectivity index (χ1n) is 11.2. The number of aryl methyl sites for hydroxylation is 1.